The number of methoxy groups -OCH3 is 2. The highest BCUT2D eigenvalue weighted by molar-refractivity contribution is 9.09. The Balaban J connectivity index is 1.88. The van der Waals surface area contributed by atoms with E-state index in [9.17, 15) is 0 Å². The van der Waals surface area contributed by atoms with Crippen molar-refractivity contribution in [1.29, 1.82) is 0 Å². The molecule has 21 heavy (non-hydrogen) atoms. The molecule has 3 rings (SSSR count). The quantitative estimate of drug-likeness (QED) is 0.755. The van der Waals surface area contributed by atoms with Gasteiger partial charge in [0.25, 0.3) is 0 Å². The highest BCUT2D eigenvalue weighted by Crippen LogP contribution is 2.44. The molecule has 0 saturated carbocycles. The van der Waals surface area contributed by atoms with Crippen LogP contribution in [0.25, 0.3) is 0 Å². The summed E-state index contributed by atoms with van der Waals surface area (Å²) in [6.07, 6.45) is 2.21. The summed E-state index contributed by atoms with van der Waals surface area (Å²) in [6.45, 7) is 0. The highest BCUT2D eigenvalue weighted by Gasteiger charge is 2.29. The van der Waals surface area contributed by atoms with E-state index in [0.29, 0.717) is 5.92 Å². The van der Waals surface area contributed by atoms with Crippen LogP contribution in [0.5, 0.6) is 11.5 Å². The molecule has 0 saturated heterocycles. The second-order valence-corrected chi connectivity index (χ2v) is 6.43. The van der Waals surface area contributed by atoms with Gasteiger partial charge in [-0.1, -0.05) is 40.2 Å². The number of halogens is 1. The molecule has 3 heteroatoms. The monoisotopic (exact) mass is 346 g/mol. The zero-order valence-electron chi connectivity index (χ0n) is 12.3. The first-order valence-corrected chi connectivity index (χ1v) is 8.07. The maximum absolute atomic E-state index is 5.52. The fourth-order valence-electron chi connectivity index (χ4n) is 3.11. The normalized spacial score (nSPS) is 15.6. The van der Waals surface area contributed by atoms with E-state index < -0.39 is 0 Å². The molecular formula is C18H19BrO2. The van der Waals surface area contributed by atoms with Gasteiger partial charge in [-0.15, -0.1) is 0 Å². The Labute approximate surface area is 134 Å². The van der Waals surface area contributed by atoms with Gasteiger partial charge in [-0.25, -0.2) is 0 Å². The van der Waals surface area contributed by atoms with Crippen LogP contribution in [-0.4, -0.2) is 14.2 Å². The summed E-state index contributed by atoms with van der Waals surface area (Å²) >= 11 is 3.89. The summed E-state index contributed by atoms with van der Waals surface area (Å²) in [5, 5.41) is 0. The Hall–Kier alpha value is -1.48. The van der Waals surface area contributed by atoms with Crippen molar-refractivity contribution in [3.63, 3.8) is 0 Å². The number of alkyl halides is 1. The molecular weight excluding hydrogens is 328 g/mol. The van der Waals surface area contributed by atoms with Gasteiger partial charge in [0, 0.05) is 10.4 Å². The molecule has 0 radical (unpaired) electrons. The van der Waals surface area contributed by atoms with Crippen LogP contribution in [0.15, 0.2) is 42.5 Å². The minimum absolute atomic E-state index is 0.259. The van der Waals surface area contributed by atoms with Crippen molar-refractivity contribution < 1.29 is 9.47 Å². The molecule has 2 aromatic carbocycles. The highest BCUT2D eigenvalue weighted by atomic mass is 79.9. The third-order valence-electron chi connectivity index (χ3n) is 4.23. The number of benzene rings is 2. The Morgan fingerprint density at radius 2 is 1.67 bits per heavy atom. The predicted molar refractivity (Wildman–Crippen MR) is 88.6 cm³/mol. The zero-order chi connectivity index (χ0) is 14.8. The molecule has 2 nitrogen and oxygen atoms in total. The number of hydrogen-bond donors (Lipinski definition) is 0. The lowest BCUT2D eigenvalue weighted by molar-refractivity contribution is 0.394. The zero-order valence-corrected chi connectivity index (χ0v) is 13.9. The number of hydrogen-bond acceptors (Lipinski definition) is 2. The Bertz CT molecular complexity index is 614. The SMILES string of the molecule is COc1ccc(OC)c(C(Br)C2Cc3ccccc3C2)c1. The molecule has 0 aromatic heterocycles. The maximum atomic E-state index is 5.52. The van der Waals surface area contributed by atoms with E-state index in [0.717, 1.165) is 29.9 Å². The van der Waals surface area contributed by atoms with Gasteiger partial charge in [-0.3, -0.25) is 0 Å². The van der Waals surface area contributed by atoms with E-state index >= 15 is 0 Å². The molecule has 1 aliphatic carbocycles. The molecule has 0 aliphatic heterocycles. The van der Waals surface area contributed by atoms with Crippen molar-refractivity contribution in [2.75, 3.05) is 14.2 Å². The molecule has 110 valence electrons. The van der Waals surface area contributed by atoms with Gasteiger partial charge in [0.1, 0.15) is 11.5 Å². The number of fused-ring (bicyclic) bond motifs is 1. The lowest BCUT2D eigenvalue weighted by Crippen LogP contribution is -2.09. The summed E-state index contributed by atoms with van der Waals surface area (Å²) in [6, 6.07) is 14.7. The maximum Gasteiger partial charge on any atom is 0.123 e. The molecule has 0 N–H and O–H groups in total. The van der Waals surface area contributed by atoms with E-state index in [1.807, 2.05) is 12.1 Å². The van der Waals surface area contributed by atoms with Crippen molar-refractivity contribution >= 4 is 15.9 Å². The molecule has 0 heterocycles. The average molecular weight is 347 g/mol. The van der Waals surface area contributed by atoms with E-state index in [-0.39, 0.29) is 4.83 Å². The predicted octanol–water partition coefficient (Wildman–Crippen LogP) is 4.55. The molecule has 1 aliphatic rings. The van der Waals surface area contributed by atoms with Gasteiger partial charge < -0.3 is 9.47 Å². The third-order valence-corrected chi connectivity index (χ3v) is 5.47. The second-order valence-electron chi connectivity index (χ2n) is 5.45. The first kappa shape index (κ1) is 14.5. The largest absolute Gasteiger partial charge is 0.497 e. The molecule has 1 atom stereocenters. The van der Waals surface area contributed by atoms with Gasteiger partial charge in [0.05, 0.1) is 14.2 Å². The van der Waals surface area contributed by atoms with E-state index in [4.69, 9.17) is 9.47 Å². The fraction of sp³-hybridized carbons (Fsp3) is 0.333. The van der Waals surface area contributed by atoms with Gasteiger partial charge in [0.2, 0.25) is 0 Å². The summed E-state index contributed by atoms with van der Waals surface area (Å²) in [7, 11) is 3.41. The first-order chi connectivity index (χ1) is 10.2. The summed E-state index contributed by atoms with van der Waals surface area (Å²) in [5.74, 6) is 2.32. The molecule has 1 unspecified atom stereocenters. The average Bonchev–Trinajstić information content (AvgIpc) is 2.97. The first-order valence-electron chi connectivity index (χ1n) is 7.15. The van der Waals surface area contributed by atoms with Gasteiger partial charge in [-0.2, -0.15) is 0 Å². The van der Waals surface area contributed by atoms with Crippen LogP contribution in [0, 0.1) is 5.92 Å². The summed E-state index contributed by atoms with van der Waals surface area (Å²) in [4.78, 5) is 0.259. The second kappa shape index (κ2) is 6.10. The molecule has 0 fully saturated rings. The summed E-state index contributed by atoms with van der Waals surface area (Å²) in [5.41, 5.74) is 4.09. The van der Waals surface area contributed by atoms with Crippen molar-refractivity contribution in [3.8, 4) is 11.5 Å². The smallest absolute Gasteiger partial charge is 0.123 e. The van der Waals surface area contributed by atoms with Crippen LogP contribution in [0.1, 0.15) is 21.5 Å². The lowest BCUT2D eigenvalue weighted by atomic mass is 9.95. The van der Waals surface area contributed by atoms with Crippen LogP contribution in [0.2, 0.25) is 0 Å². The van der Waals surface area contributed by atoms with E-state index in [1.54, 1.807) is 14.2 Å². The standard InChI is InChI=1S/C18H19BrO2/c1-20-15-7-8-17(21-2)16(11-15)18(19)14-9-12-5-3-4-6-13(12)10-14/h3-8,11,14,18H,9-10H2,1-2H3. The van der Waals surface area contributed by atoms with Gasteiger partial charge in [0.15, 0.2) is 0 Å². The number of rotatable bonds is 4. The molecule has 0 bridgehead atoms. The Kier molecular flexibility index (Phi) is 4.20. The van der Waals surface area contributed by atoms with E-state index in [1.165, 1.54) is 11.1 Å². The van der Waals surface area contributed by atoms with Crippen LogP contribution in [0.4, 0.5) is 0 Å². The van der Waals surface area contributed by atoms with Crippen LogP contribution < -0.4 is 9.47 Å². The van der Waals surface area contributed by atoms with E-state index in [2.05, 4.69) is 46.3 Å². The minimum Gasteiger partial charge on any atom is -0.497 e. The molecule has 0 amide bonds. The Morgan fingerprint density at radius 3 is 2.24 bits per heavy atom. The van der Waals surface area contributed by atoms with Crippen LogP contribution in [-0.2, 0) is 12.8 Å². The minimum atomic E-state index is 0.259. The van der Waals surface area contributed by atoms with Gasteiger partial charge in [-0.05, 0) is 48.1 Å². The van der Waals surface area contributed by atoms with Crippen LogP contribution in [0.3, 0.4) is 0 Å². The lowest BCUT2D eigenvalue weighted by Gasteiger charge is -2.20. The topological polar surface area (TPSA) is 18.5 Å². The van der Waals surface area contributed by atoms with Crippen molar-refractivity contribution in [2.24, 2.45) is 5.92 Å². The summed E-state index contributed by atoms with van der Waals surface area (Å²) < 4.78 is 10.9. The molecule has 2 aromatic rings. The number of ether oxygens (including phenoxy) is 2. The van der Waals surface area contributed by atoms with Crippen LogP contribution >= 0.6 is 15.9 Å². The van der Waals surface area contributed by atoms with Crippen molar-refractivity contribution in [1.82, 2.24) is 0 Å². The van der Waals surface area contributed by atoms with Crippen molar-refractivity contribution in [2.45, 2.75) is 17.7 Å². The van der Waals surface area contributed by atoms with Gasteiger partial charge >= 0.3 is 0 Å². The molecule has 0 spiro atoms. The fourth-order valence-corrected chi connectivity index (χ4v) is 3.84. The van der Waals surface area contributed by atoms with Crippen molar-refractivity contribution in [3.05, 3.63) is 59.2 Å². The third kappa shape index (κ3) is 2.80. The Morgan fingerprint density at radius 1 is 1.00 bits per heavy atom.